The third-order valence-corrected chi connectivity index (χ3v) is 3.40. The van der Waals surface area contributed by atoms with Gasteiger partial charge in [-0.15, -0.1) is 0 Å². The number of rotatable bonds is 1. The quantitative estimate of drug-likeness (QED) is 0.710. The molecule has 0 bridgehead atoms. The molecule has 0 radical (unpaired) electrons. The summed E-state index contributed by atoms with van der Waals surface area (Å²) in [6.45, 7) is 0. The number of hydrogen-bond donors (Lipinski definition) is 1. The van der Waals surface area contributed by atoms with E-state index in [1.54, 1.807) is 0 Å². The summed E-state index contributed by atoms with van der Waals surface area (Å²) < 4.78 is 5.09. The molecule has 2 aliphatic rings. The van der Waals surface area contributed by atoms with Gasteiger partial charge in [0, 0.05) is 5.92 Å². The Balaban J connectivity index is 1.81. The second-order valence-corrected chi connectivity index (χ2v) is 4.13. The van der Waals surface area contributed by atoms with Gasteiger partial charge in [0.15, 0.2) is 0 Å². The van der Waals surface area contributed by atoms with Gasteiger partial charge in [0.1, 0.15) is 0 Å². The molecule has 2 N–H and O–H groups in total. The predicted octanol–water partition coefficient (Wildman–Crippen LogP) is 1.56. The molecule has 2 saturated carbocycles. The van der Waals surface area contributed by atoms with Crippen LogP contribution in [-0.2, 0) is 0 Å². The monoisotopic (exact) mass is 179 g/mol. The van der Waals surface area contributed by atoms with Crippen LogP contribution in [-0.4, -0.2) is 10.1 Å². The second kappa shape index (κ2) is 2.47. The third kappa shape index (κ3) is 1.04. The van der Waals surface area contributed by atoms with E-state index in [9.17, 15) is 0 Å². The highest BCUT2D eigenvalue weighted by Crippen LogP contribution is 2.60. The van der Waals surface area contributed by atoms with Crippen molar-refractivity contribution in [2.45, 2.75) is 31.6 Å². The fourth-order valence-electron chi connectivity index (χ4n) is 2.74. The van der Waals surface area contributed by atoms with Gasteiger partial charge in [0.05, 0.1) is 0 Å². The van der Waals surface area contributed by atoms with Crippen LogP contribution in [0.2, 0.25) is 0 Å². The molecule has 70 valence electrons. The number of nitrogen functional groups attached to an aromatic ring is 1. The Morgan fingerprint density at radius 1 is 1.23 bits per heavy atom. The maximum atomic E-state index is 5.42. The van der Waals surface area contributed by atoms with E-state index < -0.39 is 0 Å². The van der Waals surface area contributed by atoms with Crippen LogP contribution in [0.4, 0.5) is 5.95 Å². The van der Waals surface area contributed by atoms with E-state index >= 15 is 0 Å². The fourth-order valence-corrected chi connectivity index (χ4v) is 2.74. The largest absolute Gasteiger partial charge is 0.365 e. The molecule has 1 aromatic heterocycles. The highest BCUT2D eigenvalue weighted by Gasteiger charge is 2.54. The van der Waals surface area contributed by atoms with Crippen molar-refractivity contribution in [1.29, 1.82) is 0 Å². The molecule has 2 unspecified atom stereocenters. The molecule has 0 amide bonds. The van der Waals surface area contributed by atoms with Crippen LogP contribution in [0.1, 0.15) is 37.5 Å². The fraction of sp³-hybridized carbons (Fsp3) is 0.778. The van der Waals surface area contributed by atoms with Crippen molar-refractivity contribution in [3.63, 3.8) is 0 Å². The Morgan fingerprint density at radius 2 is 1.92 bits per heavy atom. The Labute approximate surface area is 76.5 Å². The molecule has 0 saturated heterocycles. The average molecular weight is 179 g/mol. The molecular formula is C9H13N3O. The van der Waals surface area contributed by atoms with E-state index in [4.69, 9.17) is 10.3 Å². The smallest absolute Gasteiger partial charge is 0.260 e. The van der Waals surface area contributed by atoms with Gasteiger partial charge in [-0.3, -0.25) is 0 Å². The molecule has 4 nitrogen and oxygen atoms in total. The molecule has 2 fully saturated rings. The van der Waals surface area contributed by atoms with Crippen molar-refractivity contribution in [3.05, 3.63) is 5.89 Å². The molecule has 0 aromatic carbocycles. The van der Waals surface area contributed by atoms with Crippen LogP contribution in [0.3, 0.4) is 0 Å². The van der Waals surface area contributed by atoms with Gasteiger partial charge in [0.25, 0.3) is 5.95 Å². The summed E-state index contributed by atoms with van der Waals surface area (Å²) in [5.41, 5.74) is 5.42. The minimum Gasteiger partial charge on any atom is -0.365 e. The molecule has 4 heteroatoms. The molecule has 2 atom stereocenters. The van der Waals surface area contributed by atoms with E-state index in [1.807, 2.05) is 0 Å². The lowest BCUT2D eigenvalue weighted by Gasteiger charge is -2.04. The lowest BCUT2D eigenvalue weighted by Crippen LogP contribution is -1.91. The lowest BCUT2D eigenvalue weighted by atomic mass is 10.0. The van der Waals surface area contributed by atoms with Crippen LogP contribution in [0.5, 0.6) is 0 Å². The first-order valence-electron chi connectivity index (χ1n) is 4.95. The van der Waals surface area contributed by atoms with Crippen molar-refractivity contribution in [3.8, 4) is 0 Å². The zero-order valence-electron chi connectivity index (χ0n) is 7.44. The highest BCUT2D eigenvalue weighted by atomic mass is 16.5. The van der Waals surface area contributed by atoms with E-state index in [-0.39, 0.29) is 5.95 Å². The molecular weight excluding hydrogens is 166 g/mol. The van der Waals surface area contributed by atoms with Crippen molar-refractivity contribution in [2.75, 3.05) is 5.73 Å². The number of fused-ring (bicyclic) bond motifs is 1. The SMILES string of the molecule is Nc1noc(C2C3CCCCC32)n1. The first-order valence-corrected chi connectivity index (χ1v) is 4.95. The maximum absolute atomic E-state index is 5.42. The van der Waals surface area contributed by atoms with Gasteiger partial charge >= 0.3 is 0 Å². The molecule has 1 heterocycles. The van der Waals surface area contributed by atoms with Crippen LogP contribution in [0, 0.1) is 11.8 Å². The molecule has 3 rings (SSSR count). The van der Waals surface area contributed by atoms with Crippen LogP contribution >= 0.6 is 0 Å². The minimum atomic E-state index is 0.277. The van der Waals surface area contributed by atoms with Gasteiger partial charge < -0.3 is 10.3 Å². The molecule has 13 heavy (non-hydrogen) atoms. The van der Waals surface area contributed by atoms with Crippen LogP contribution in [0.15, 0.2) is 4.52 Å². The first-order chi connectivity index (χ1) is 6.36. The Hall–Kier alpha value is -1.06. The number of anilines is 1. The summed E-state index contributed by atoms with van der Waals surface area (Å²) in [7, 11) is 0. The van der Waals surface area contributed by atoms with Crippen LogP contribution < -0.4 is 5.73 Å². The minimum absolute atomic E-state index is 0.277. The summed E-state index contributed by atoms with van der Waals surface area (Å²) >= 11 is 0. The molecule has 2 aliphatic carbocycles. The Morgan fingerprint density at radius 3 is 2.46 bits per heavy atom. The van der Waals surface area contributed by atoms with E-state index in [2.05, 4.69) is 10.1 Å². The van der Waals surface area contributed by atoms with E-state index in [0.29, 0.717) is 5.92 Å². The van der Waals surface area contributed by atoms with Crippen LogP contribution in [0.25, 0.3) is 0 Å². The first kappa shape index (κ1) is 7.35. The zero-order chi connectivity index (χ0) is 8.84. The van der Waals surface area contributed by atoms with E-state index in [1.165, 1.54) is 25.7 Å². The summed E-state index contributed by atoms with van der Waals surface area (Å²) in [5.74, 6) is 3.21. The Bertz CT molecular complexity index is 310. The standard InChI is InChI=1S/C9H13N3O/c10-9-11-8(13-12-9)7-5-3-1-2-4-6(5)7/h5-7H,1-4H2,(H2,10,12). The number of nitrogens with zero attached hydrogens (tertiary/aromatic N) is 2. The highest BCUT2D eigenvalue weighted by molar-refractivity contribution is 5.19. The Kier molecular flexibility index (Phi) is 1.39. The number of hydrogen-bond acceptors (Lipinski definition) is 4. The van der Waals surface area contributed by atoms with Gasteiger partial charge in [-0.1, -0.05) is 12.8 Å². The lowest BCUT2D eigenvalue weighted by molar-refractivity contribution is 0.374. The van der Waals surface area contributed by atoms with Crippen molar-refractivity contribution in [1.82, 2.24) is 10.1 Å². The topological polar surface area (TPSA) is 64.9 Å². The summed E-state index contributed by atoms with van der Waals surface area (Å²) in [4.78, 5) is 4.10. The van der Waals surface area contributed by atoms with Gasteiger partial charge in [-0.05, 0) is 29.8 Å². The van der Waals surface area contributed by atoms with Gasteiger partial charge in [0.2, 0.25) is 5.89 Å². The molecule has 1 aromatic rings. The van der Waals surface area contributed by atoms with Crippen molar-refractivity contribution in [2.24, 2.45) is 11.8 Å². The molecule has 0 spiro atoms. The zero-order valence-corrected chi connectivity index (χ0v) is 7.44. The number of aromatic nitrogens is 2. The van der Waals surface area contributed by atoms with E-state index in [0.717, 1.165) is 17.7 Å². The average Bonchev–Trinajstić information content (AvgIpc) is 2.73. The van der Waals surface area contributed by atoms with Crippen molar-refractivity contribution >= 4 is 5.95 Å². The number of nitrogens with two attached hydrogens (primary N) is 1. The summed E-state index contributed by atoms with van der Waals surface area (Å²) in [6, 6.07) is 0. The third-order valence-electron chi connectivity index (χ3n) is 3.40. The van der Waals surface area contributed by atoms with Gasteiger partial charge in [-0.25, -0.2) is 0 Å². The second-order valence-electron chi connectivity index (χ2n) is 4.13. The normalized spacial score (nSPS) is 37.1. The van der Waals surface area contributed by atoms with Crippen molar-refractivity contribution < 1.29 is 4.52 Å². The maximum Gasteiger partial charge on any atom is 0.260 e. The predicted molar refractivity (Wildman–Crippen MR) is 46.9 cm³/mol. The summed E-state index contributed by atoms with van der Waals surface area (Å²) in [5, 5.41) is 3.63. The molecule has 0 aliphatic heterocycles. The summed E-state index contributed by atoms with van der Waals surface area (Å²) in [6.07, 6.45) is 5.39. The van der Waals surface area contributed by atoms with Gasteiger partial charge in [-0.2, -0.15) is 4.98 Å².